The highest BCUT2D eigenvalue weighted by atomic mass is 32.2. The highest BCUT2D eigenvalue weighted by molar-refractivity contribution is 8.00. The molecule has 2 bridgehead atoms. The minimum Gasteiger partial charge on any atom is -0.274 e. The molecule has 1 aromatic heterocycles. The van der Waals surface area contributed by atoms with Crippen molar-refractivity contribution in [1.82, 2.24) is 4.98 Å². The third kappa shape index (κ3) is 2.69. The maximum Gasteiger partial charge on any atom is 0.238 e. The first-order valence-corrected chi connectivity index (χ1v) is 11.6. The van der Waals surface area contributed by atoms with E-state index in [1.807, 2.05) is 36.4 Å². The molecule has 4 nitrogen and oxygen atoms in total. The summed E-state index contributed by atoms with van der Waals surface area (Å²) >= 11 is 3.33. The maximum absolute atomic E-state index is 13.0. The molecule has 3 aromatic rings. The molecule has 29 heavy (non-hydrogen) atoms. The predicted molar refractivity (Wildman–Crippen MR) is 116 cm³/mol. The van der Waals surface area contributed by atoms with Gasteiger partial charge in [-0.2, -0.15) is 0 Å². The average molecular weight is 419 g/mol. The summed E-state index contributed by atoms with van der Waals surface area (Å²) in [4.78, 5) is 32.2. The van der Waals surface area contributed by atoms with Crippen molar-refractivity contribution in [2.24, 2.45) is 23.7 Å². The van der Waals surface area contributed by atoms with E-state index in [1.165, 1.54) is 10.5 Å². The van der Waals surface area contributed by atoms with Crippen LogP contribution in [0.5, 0.6) is 0 Å². The van der Waals surface area contributed by atoms with Gasteiger partial charge in [-0.05, 0) is 42.0 Å². The van der Waals surface area contributed by atoms with Crippen LogP contribution in [-0.2, 0) is 15.3 Å². The number of carbonyl (C=O) groups is 2. The number of anilines is 1. The van der Waals surface area contributed by atoms with E-state index in [-0.39, 0.29) is 35.5 Å². The van der Waals surface area contributed by atoms with Crippen LogP contribution in [0.15, 0.2) is 65.0 Å². The van der Waals surface area contributed by atoms with Crippen LogP contribution in [0, 0.1) is 23.7 Å². The summed E-state index contributed by atoms with van der Waals surface area (Å²) in [5, 5.41) is 0. The van der Waals surface area contributed by atoms with Gasteiger partial charge in [0.25, 0.3) is 0 Å². The number of hydrogen-bond donors (Lipinski definition) is 0. The van der Waals surface area contributed by atoms with Gasteiger partial charge in [0.2, 0.25) is 11.8 Å². The lowest BCUT2D eigenvalue weighted by Crippen LogP contribution is -2.32. The van der Waals surface area contributed by atoms with Crippen molar-refractivity contribution in [2.45, 2.75) is 16.5 Å². The molecule has 1 saturated carbocycles. The fraction of sp³-hybridized carbons (Fsp3) is 0.261. The third-order valence-corrected chi connectivity index (χ3v) is 8.52. The molecule has 6 heteroatoms. The van der Waals surface area contributed by atoms with Crippen molar-refractivity contribution in [3.8, 4) is 0 Å². The van der Waals surface area contributed by atoms with Crippen LogP contribution in [0.4, 0.5) is 5.69 Å². The lowest BCUT2D eigenvalue weighted by atomic mass is 9.85. The van der Waals surface area contributed by atoms with Crippen LogP contribution in [0.25, 0.3) is 10.2 Å². The fourth-order valence-electron chi connectivity index (χ4n) is 4.97. The van der Waals surface area contributed by atoms with Gasteiger partial charge in [0.15, 0.2) is 4.34 Å². The Bertz CT molecular complexity index is 1140. The Morgan fingerprint density at radius 3 is 2.45 bits per heavy atom. The van der Waals surface area contributed by atoms with E-state index < -0.39 is 0 Å². The number of nitrogens with zero attached hydrogens (tertiary/aromatic N) is 2. The van der Waals surface area contributed by atoms with Gasteiger partial charge >= 0.3 is 0 Å². The molecule has 2 amide bonds. The number of carbonyl (C=O) groups excluding carboxylic acids is 2. The van der Waals surface area contributed by atoms with Crippen LogP contribution in [-0.4, -0.2) is 16.8 Å². The summed E-state index contributed by atoms with van der Waals surface area (Å²) in [5.41, 5.74) is 2.86. The lowest BCUT2D eigenvalue weighted by molar-refractivity contribution is -0.123. The molecule has 3 aliphatic rings. The molecule has 0 spiro atoms. The number of allylic oxidation sites excluding steroid dienone is 2. The standard InChI is InChI=1S/C23H18N2O2S2/c26-21-19-14-6-7-15(10-14)20(19)22(27)25(21)16-8-9-17-18(11-16)29-23(24-17)28-12-13-4-2-1-3-5-13/h1-9,11,14-15,19-20H,10,12H2/t14-,15-,19+,20+/m0/s1. The van der Waals surface area contributed by atoms with Gasteiger partial charge in [0.1, 0.15) is 0 Å². The van der Waals surface area contributed by atoms with Gasteiger partial charge in [-0.15, -0.1) is 11.3 Å². The number of thioether (sulfide) groups is 1. The van der Waals surface area contributed by atoms with Crippen molar-refractivity contribution >= 4 is 50.8 Å². The zero-order chi connectivity index (χ0) is 19.5. The molecule has 0 unspecified atom stereocenters. The summed E-state index contributed by atoms with van der Waals surface area (Å²) in [6.07, 6.45) is 5.21. The minimum absolute atomic E-state index is 0.0283. The van der Waals surface area contributed by atoms with Crippen LogP contribution in [0.2, 0.25) is 0 Å². The monoisotopic (exact) mass is 418 g/mol. The van der Waals surface area contributed by atoms with Gasteiger partial charge in [-0.3, -0.25) is 9.59 Å². The number of hydrogen-bond acceptors (Lipinski definition) is 5. The normalized spacial score (nSPS) is 27.4. The molecule has 6 rings (SSSR count). The maximum atomic E-state index is 13.0. The Morgan fingerprint density at radius 1 is 1.00 bits per heavy atom. The van der Waals surface area contributed by atoms with E-state index in [0.29, 0.717) is 5.69 Å². The largest absolute Gasteiger partial charge is 0.274 e. The van der Waals surface area contributed by atoms with Crippen LogP contribution >= 0.6 is 23.1 Å². The Morgan fingerprint density at radius 2 is 1.72 bits per heavy atom. The van der Waals surface area contributed by atoms with Crippen molar-refractivity contribution in [2.75, 3.05) is 4.90 Å². The minimum atomic E-state index is -0.161. The van der Waals surface area contributed by atoms with Gasteiger partial charge in [-0.25, -0.2) is 9.88 Å². The Labute approximate surface area is 176 Å². The molecule has 2 aliphatic carbocycles. The van der Waals surface area contributed by atoms with Crippen molar-refractivity contribution in [1.29, 1.82) is 0 Å². The lowest BCUT2D eigenvalue weighted by Gasteiger charge is -2.17. The second kappa shape index (κ2) is 6.54. The first-order chi connectivity index (χ1) is 14.2. The number of aromatic nitrogens is 1. The molecule has 2 heterocycles. The number of imide groups is 1. The first-order valence-electron chi connectivity index (χ1n) is 9.82. The van der Waals surface area contributed by atoms with Gasteiger partial charge in [-0.1, -0.05) is 54.2 Å². The van der Waals surface area contributed by atoms with E-state index in [0.717, 1.165) is 26.7 Å². The second-order valence-corrected chi connectivity index (χ2v) is 10.2. The summed E-state index contributed by atoms with van der Waals surface area (Å²) in [6.45, 7) is 0. The molecular weight excluding hydrogens is 400 g/mol. The molecule has 1 aliphatic heterocycles. The number of fused-ring (bicyclic) bond motifs is 6. The third-order valence-electron chi connectivity index (χ3n) is 6.29. The number of amides is 2. The highest BCUT2D eigenvalue weighted by Crippen LogP contribution is 2.53. The second-order valence-electron chi connectivity index (χ2n) is 7.92. The molecule has 2 aromatic carbocycles. The topological polar surface area (TPSA) is 50.3 Å². The summed E-state index contributed by atoms with van der Waals surface area (Å²) in [5.74, 6) is 0.965. The molecule has 4 atom stereocenters. The summed E-state index contributed by atoms with van der Waals surface area (Å²) in [6, 6.07) is 16.1. The van der Waals surface area contributed by atoms with Gasteiger partial charge in [0.05, 0.1) is 27.7 Å². The zero-order valence-corrected chi connectivity index (χ0v) is 17.2. The van der Waals surface area contributed by atoms with Gasteiger partial charge in [0, 0.05) is 5.75 Å². The van der Waals surface area contributed by atoms with Crippen molar-refractivity contribution in [3.05, 3.63) is 66.2 Å². The molecule has 0 radical (unpaired) electrons. The van der Waals surface area contributed by atoms with Crippen molar-refractivity contribution in [3.63, 3.8) is 0 Å². The van der Waals surface area contributed by atoms with Gasteiger partial charge < -0.3 is 0 Å². The molecular formula is C23H18N2O2S2. The summed E-state index contributed by atoms with van der Waals surface area (Å²) in [7, 11) is 0. The fourth-order valence-corrected chi connectivity index (χ4v) is 7.03. The van der Waals surface area contributed by atoms with Crippen molar-refractivity contribution < 1.29 is 9.59 Å². The number of thiazole rings is 1. The molecule has 1 saturated heterocycles. The van der Waals surface area contributed by atoms with E-state index in [4.69, 9.17) is 4.98 Å². The summed E-state index contributed by atoms with van der Waals surface area (Å²) < 4.78 is 2.01. The van der Waals surface area contributed by atoms with E-state index in [9.17, 15) is 9.59 Å². The smallest absolute Gasteiger partial charge is 0.238 e. The van der Waals surface area contributed by atoms with Crippen LogP contribution in [0.3, 0.4) is 0 Å². The Balaban J connectivity index is 1.27. The highest BCUT2D eigenvalue weighted by Gasteiger charge is 2.59. The quantitative estimate of drug-likeness (QED) is 0.344. The van der Waals surface area contributed by atoms with E-state index >= 15 is 0 Å². The van der Waals surface area contributed by atoms with E-state index in [1.54, 1.807) is 23.1 Å². The number of rotatable bonds is 4. The first kappa shape index (κ1) is 17.4. The SMILES string of the molecule is O=C1[C@H]2[C@H](C(=O)N1c1ccc3nc(SCc4ccccc4)sc3c1)[C@H]1C=C[C@H]2C1. The predicted octanol–water partition coefficient (Wildman–Crippen LogP) is 4.90. The number of benzene rings is 2. The Kier molecular flexibility index (Phi) is 3.93. The van der Waals surface area contributed by atoms with E-state index in [2.05, 4.69) is 24.3 Å². The average Bonchev–Trinajstić information content (AvgIpc) is 3.49. The van der Waals surface area contributed by atoms with Crippen LogP contribution < -0.4 is 4.90 Å². The molecule has 0 N–H and O–H groups in total. The zero-order valence-electron chi connectivity index (χ0n) is 15.5. The van der Waals surface area contributed by atoms with Crippen LogP contribution in [0.1, 0.15) is 12.0 Å². The molecule has 144 valence electrons. The Hall–Kier alpha value is -2.44. The molecule has 2 fully saturated rings.